The van der Waals surface area contributed by atoms with E-state index in [1.54, 1.807) is 11.3 Å². The van der Waals surface area contributed by atoms with E-state index in [4.69, 9.17) is 5.11 Å². The summed E-state index contributed by atoms with van der Waals surface area (Å²) < 4.78 is 0. The Balaban J connectivity index is 2.62. The monoisotopic (exact) mass is 270 g/mol. The Labute approximate surface area is 110 Å². The lowest BCUT2D eigenvalue weighted by Crippen LogP contribution is -2.46. The number of thiophene rings is 1. The number of carbonyl (C=O) groups excluding carboxylic acids is 1. The number of hydrogen-bond acceptors (Lipinski definition) is 3. The van der Waals surface area contributed by atoms with E-state index in [0.717, 1.165) is 4.88 Å². The normalized spacial score (nSPS) is 14.0. The molecule has 1 heterocycles. The molecule has 3 N–H and O–H groups in total. The van der Waals surface area contributed by atoms with Crippen molar-refractivity contribution in [3.05, 3.63) is 22.4 Å². The minimum atomic E-state index is -1.05. The minimum Gasteiger partial charge on any atom is -0.480 e. The van der Waals surface area contributed by atoms with Crippen LogP contribution in [0.15, 0.2) is 17.5 Å². The number of hydrogen-bond donors (Lipinski definition) is 3. The molecule has 1 aromatic heterocycles. The molecule has 1 rings (SSSR count). The molecule has 2 amide bonds. The van der Waals surface area contributed by atoms with E-state index < -0.39 is 18.0 Å². The second kappa shape index (κ2) is 6.39. The minimum absolute atomic E-state index is 0.106. The van der Waals surface area contributed by atoms with E-state index in [1.807, 2.05) is 31.4 Å². The largest absolute Gasteiger partial charge is 0.480 e. The van der Waals surface area contributed by atoms with E-state index in [1.165, 1.54) is 6.92 Å². The van der Waals surface area contributed by atoms with Gasteiger partial charge in [0, 0.05) is 4.88 Å². The smallest absolute Gasteiger partial charge is 0.325 e. The molecule has 1 aromatic rings. The standard InChI is InChI=1S/C12H18N2O3S/c1-7(2)10(9-5-4-6-18-9)14-12(17)13-8(3)11(15)16/h4-8,10H,1-3H3,(H,15,16)(H2,13,14,17). The molecule has 2 unspecified atom stereocenters. The molecule has 0 radical (unpaired) electrons. The predicted molar refractivity (Wildman–Crippen MR) is 70.7 cm³/mol. The van der Waals surface area contributed by atoms with Crippen molar-refractivity contribution >= 4 is 23.3 Å². The highest BCUT2D eigenvalue weighted by Crippen LogP contribution is 2.25. The summed E-state index contributed by atoms with van der Waals surface area (Å²) in [5.74, 6) is -0.822. The third-order valence-electron chi connectivity index (χ3n) is 2.52. The second-order valence-corrected chi connectivity index (χ2v) is 5.39. The Morgan fingerprint density at radius 3 is 2.39 bits per heavy atom. The summed E-state index contributed by atoms with van der Waals surface area (Å²) in [5.41, 5.74) is 0. The van der Waals surface area contributed by atoms with Crippen molar-refractivity contribution in [3.63, 3.8) is 0 Å². The van der Waals surface area contributed by atoms with Crippen LogP contribution in [0.25, 0.3) is 0 Å². The zero-order valence-corrected chi connectivity index (χ0v) is 11.5. The summed E-state index contributed by atoms with van der Waals surface area (Å²) in [4.78, 5) is 23.4. The van der Waals surface area contributed by atoms with Gasteiger partial charge in [0.15, 0.2) is 0 Å². The first-order valence-corrected chi connectivity index (χ1v) is 6.63. The fourth-order valence-electron chi connectivity index (χ4n) is 1.48. The molecule has 18 heavy (non-hydrogen) atoms. The summed E-state index contributed by atoms with van der Waals surface area (Å²) >= 11 is 1.57. The van der Waals surface area contributed by atoms with E-state index >= 15 is 0 Å². The molecule has 100 valence electrons. The molecule has 2 atom stereocenters. The van der Waals surface area contributed by atoms with Crippen molar-refractivity contribution in [1.29, 1.82) is 0 Å². The lowest BCUT2D eigenvalue weighted by atomic mass is 10.0. The summed E-state index contributed by atoms with van der Waals surface area (Å²) in [5, 5.41) is 15.8. The van der Waals surface area contributed by atoms with Crippen LogP contribution in [0.2, 0.25) is 0 Å². The number of amides is 2. The molecular formula is C12H18N2O3S. The van der Waals surface area contributed by atoms with Crippen molar-refractivity contribution < 1.29 is 14.7 Å². The van der Waals surface area contributed by atoms with E-state index in [0.29, 0.717) is 0 Å². The third kappa shape index (κ3) is 4.03. The van der Waals surface area contributed by atoms with Crippen molar-refractivity contribution in [2.75, 3.05) is 0 Å². The molecule has 0 fully saturated rings. The predicted octanol–water partition coefficient (Wildman–Crippen LogP) is 2.22. The first-order valence-electron chi connectivity index (χ1n) is 5.75. The van der Waals surface area contributed by atoms with E-state index in [9.17, 15) is 9.59 Å². The van der Waals surface area contributed by atoms with Crippen LogP contribution < -0.4 is 10.6 Å². The van der Waals surface area contributed by atoms with Gasteiger partial charge in [-0.1, -0.05) is 19.9 Å². The maximum atomic E-state index is 11.7. The van der Waals surface area contributed by atoms with E-state index in [2.05, 4.69) is 10.6 Å². The maximum absolute atomic E-state index is 11.7. The summed E-state index contributed by atoms with van der Waals surface area (Å²) in [6, 6.07) is 2.41. The van der Waals surface area contributed by atoms with Crippen LogP contribution >= 0.6 is 11.3 Å². The molecular weight excluding hydrogens is 252 g/mol. The number of nitrogens with one attached hydrogen (secondary N) is 2. The molecule has 0 aliphatic carbocycles. The maximum Gasteiger partial charge on any atom is 0.325 e. The molecule has 5 nitrogen and oxygen atoms in total. The molecule has 0 aliphatic heterocycles. The van der Waals surface area contributed by atoms with Gasteiger partial charge in [0.2, 0.25) is 0 Å². The first-order chi connectivity index (χ1) is 8.41. The quantitative estimate of drug-likeness (QED) is 0.767. The van der Waals surface area contributed by atoms with Crippen LogP contribution in [0, 0.1) is 5.92 Å². The molecule has 0 spiro atoms. The highest BCUT2D eigenvalue weighted by Gasteiger charge is 2.21. The average molecular weight is 270 g/mol. The molecule has 0 saturated carbocycles. The van der Waals surface area contributed by atoms with Gasteiger partial charge < -0.3 is 15.7 Å². The number of rotatable bonds is 5. The van der Waals surface area contributed by atoms with Crippen LogP contribution in [0.3, 0.4) is 0 Å². The molecule has 0 aromatic carbocycles. The highest BCUT2D eigenvalue weighted by atomic mass is 32.1. The van der Waals surface area contributed by atoms with E-state index in [-0.39, 0.29) is 12.0 Å². The third-order valence-corrected chi connectivity index (χ3v) is 3.48. The van der Waals surface area contributed by atoms with Crippen LogP contribution in [0.4, 0.5) is 4.79 Å². The van der Waals surface area contributed by atoms with Crippen molar-refractivity contribution in [2.45, 2.75) is 32.9 Å². The van der Waals surface area contributed by atoms with Crippen molar-refractivity contribution in [3.8, 4) is 0 Å². The fourth-order valence-corrected chi connectivity index (χ4v) is 2.42. The Bertz CT molecular complexity index is 403. The van der Waals surface area contributed by atoms with Gasteiger partial charge in [-0.3, -0.25) is 4.79 Å². The van der Waals surface area contributed by atoms with Gasteiger partial charge in [-0.2, -0.15) is 0 Å². The van der Waals surface area contributed by atoms with Gasteiger partial charge in [-0.25, -0.2) is 4.79 Å². The van der Waals surface area contributed by atoms with Gasteiger partial charge >= 0.3 is 12.0 Å². The van der Waals surface area contributed by atoms with Crippen LogP contribution in [0.5, 0.6) is 0 Å². The first kappa shape index (κ1) is 14.5. The van der Waals surface area contributed by atoms with Crippen LogP contribution in [-0.4, -0.2) is 23.1 Å². The molecule has 0 bridgehead atoms. The lowest BCUT2D eigenvalue weighted by molar-refractivity contribution is -0.138. The number of aliphatic carboxylic acids is 1. The Kier molecular flexibility index (Phi) is 5.15. The number of carboxylic acids is 1. The van der Waals surface area contributed by atoms with Crippen molar-refractivity contribution in [1.82, 2.24) is 10.6 Å². The molecule has 0 aliphatic rings. The number of urea groups is 1. The van der Waals surface area contributed by atoms with Crippen LogP contribution in [-0.2, 0) is 4.79 Å². The zero-order chi connectivity index (χ0) is 13.7. The van der Waals surface area contributed by atoms with Crippen molar-refractivity contribution in [2.24, 2.45) is 5.92 Å². The SMILES string of the molecule is CC(NC(=O)NC(c1cccs1)C(C)C)C(=O)O. The number of carbonyl (C=O) groups is 2. The lowest BCUT2D eigenvalue weighted by Gasteiger charge is -2.22. The van der Waals surface area contributed by atoms with Gasteiger partial charge in [0.25, 0.3) is 0 Å². The van der Waals surface area contributed by atoms with Gasteiger partial charge in [-0.15, -0.1) is 11.3 Å². The second-order valence-electron chi connectivity index (χ2n) is 4.41. The fraction of sp³-hybridized carbons (Fsp3) is 0.500. The highest BCUT2D eigenvalue weighted by molar-refractivity contribution is 7.10. The summed E-state index contributed by atoms with van der Waals surface area (Å²) in [6.07, 6.45) is 0. The number of carboxylic acid groups (broad SMARTS) is 1. The molecule has 0 saturated heterocycles. The Hall–Kier alpha value is -1.56. The Morgan fingerprint density at radius 2 is 1.94 bits per heavy atom. The summed E-state index contributed by atoms with van der Waals surface area (Å²) in [7, 11) is 0. The molecule has 6 heteroatoms. The Morgan fingerprint density at radius 1 is 1.28 bits per heavy atom. The zero-order valence-electron chi connectivity index (χ0n) is 10.6. The topological polar surface area (TPSA) is 78.4 Å². The van der Waals surface area contributed by atoms with Gasteiger partial charge in [0.05, 0.1) is 6.04 Å². The average Bonchev–Trinajstić information content (AvgIpc) is 2.78. The van der Waals surface area contributed by atoms with Gasteiger partial charge in [0.1, 0.15) is 6.04 Å². The van der Waals surface area contributed by atoms with Gasteiger partial charge in [-0.05, 0) is 24.3 Å². The summed E-state index contributed by atoms with van der Waals surface area (Å²) in [6.45, 7) is 5.44. The van der Waals surface area contributed by atoms with Crippen LogP contribution in [0.1, 0.15) is 31.7 Å².